The van der Waals surface area contributed by atoms with Gasteiger partial charge in [-0.05, 0) is 12.3 Å². The van der Waals surface area contributed by atoms with Crippen molar-refractivity contribution in [1.29, 1.82) is 0 Å². The molecule has 0 bridgehead atoms. The van der Waals surface area contributed by atoms with Gasteiger partial charge in [0.1, 0.15) is 0 Å². The number of aromatic amines is 1. The quantitative estimate of drug-likeness (QED) is 0.542. The number of nitrogens with one attached hydrogen (secondary N) is 2. The van der Waals surface area contributed by atoms with Gasteiger partial charge in [0.2, 0.25) is 11.8 Å². The van der Waals surface area contributed by atoms with Crippen LogP contribution in [0.3, 0.4) is 0 Å². The zero-order chi connectivity index (χ0) is 12.1. The molecule has 0 aliphatic heterocycles. The molecule has 0 saturated carbocycles. The fourth-order valence-corrected chi connectivity index (χ4v) is 1.32. The molecule has 1 aromatic rings. The lowest BCUT2D eigenvalue weighted by molar-refractivity contribution is 0.0906. The van der Waals surface area contributed by atoms with Crippen LogP contribution < -0.4 is 11.1 Å². The normalized spacial score (nSPS) is 12.8. The van der Waals surface area contributed by atoms with E-state index < -0.39 is 0 Å². The Morgan fingerprint density at radius 2 is 2.31 bits per heavy atom. The van der Waals surface area contributed by atoms with Gasteiger partial charge in [-0.15, -0.1) is 5.10 Å². The van der Waals surface area contributed by atoms with Gasteiger partial charge in [0.05, 0.1) is 0 Å². The number of aliphatic hydroxyl groups is 1. The van der Waals surface area contributed by atoms with E-state index in [0.717, 1.165) is 0 Å². The van der Waals surface area contributed by atoms with E-state index in [9.17, 15) is 4.79 Å². The number of nitrogens with two attached hydrogens (primary N) is 1. The summed E-state index contributed by atoms with van der Waals surface area (Å²) in [5.41, 5.74) is 5.29. The molecule has 16 heavy (non-hydrogen) atoms. The second-order valence-electron chi connectivity index (χ2n) is 3.88. The molecule has 1 atom stereocenters. The minimum Gasteiger partial charge on any atom is -0.396 e. The van der Waals surface area contributed by atoms with Crippen LogP contribution in [0.25, 0.3) is 0 Å². The average molecular weight is 227 g/mol. The minimum absolute atomic E-state index is 0.0294. The molecule has 1 heterocycles. The smallest absolute Gasteiger partial charge is 0.288 e. The van der Waals surface area contributed by atoms with Gasteiger partial charge in [0.15, 0.2) is 0 Å². The number of nitrogen functional groups attached to an aromatic ring is 1. The fourth-order valence-electron chi connectivity index (χ4n) is 1.32. The van der Waals surface area contributed by atoms with Crippen molar-refractivity contribution in [2.45, 2.75) is 26.3 Å². The first kappa shape index (κ1) is 12.4. The van der Waals surface area contributed by atoms with Crippen molar-refractivity contribution in [3.63, 3.8) is 0 Å². The number of nitrogens with zero attached hydrogens (tertiary/aromatic N) is 2. The second kappa shape index (κ2) is 5.45. The van der Waals surface area contributed by atoms with Crippen LogP contribution in [0, 0.1) is 5.92 Å². The predicted molar refractivity (Wildman–Crippen MR) is 58.6 cm³/mol. The molecule has 0 aliphatic carbocycles. The number of amides is 1. The maximum atomic E-state index is 11.7. The standard InChI is InChI=1S/C9H17N5O2/c1-5(2)6(3-4-15)11-8(16)7-12-9(10)14-13-7/h5-6,15H,3-4H2,1-2H3,(H,11,16)(H3,10,12,13,14). The summed E-state index contributed by atoms with van der Waals surface area (Å²) in [4.78, 5) is 15.4. The first-order valence-electron chi connectivity index (χ1n) is 5.14. The number of H-pyrrole nitrogens is 1. The third-order valence-electron chi connectivity index (χ3n) is 2.28. The molecule has 7 heteroatoms. The van der Waals surface area contributed by atoms with E-state index in [-0.39, 0.29) is 36.2 Å². The van der Waals surface area contributed by atoms with Crippen molar-refractivity contribution >= 4 is 11.9 Å². The molecule has 1 rings (SSSR count). The fraction of sp³-hybridized carbons (Fsp3) is 0.667. The summed E-state index contributed by atoms with van der Waals surface area (Å²) >= 11 is 0. The number of hydrogen-bond acceptors (Lipinski definition) is 5. The Hall–Kier alpha value is -1.63. The van der Waals surface area contributed by atoms with Crippen molar-refractivity contribution in [1.82, 2.24) is 20.5 Å². The van der Waals surface area contributed by atoms with E-state index in [4.69, 9.17) is 10.8 Å². The van der Waals surface area contributed by atoms with Crippen molar-refractivity contribution in [2.24, 2.45) is 5.92 Å². The van der Waals surface area contributed by atoms with Gasteiger partial charge in [-0.2, -0.15) is 4.98 Å². The van der Waals surface area contributed by atoms with Gasteiger partial charge < -0.3 is 16.2 Å². The lowest BCUT2D eigenvalue weighted by atomic mass is 10.0. The zero-order valence-electron chi connectivity index (χ0n) is 9.40. The van der Waals surface area contributed by atoms with Crippen LogP contribution in [0.4, 0.5) is 5.95 Å². The molecule has 0 radical (unpaired) electrons. The molecule has 1 unspecified atom stereocenters. The number of carbonyl (C=O) groups is 1. The highest BCUT2D eigenvalue weighted by molar-refractivity contribution is 5.90. The van der Waals surface area contributed by atoms with Gasteiger partial charge in [-0.25, -0.2) is 0 Å². The molecule has 0 aliphatic rings. The van der Waals surface area contributed by atoms with Gasteiger partial charge in [0.25, 0.3) is 5.91 Å². The Morgan fingerprint density at radius 1 is 1.62 bits per heavy atom. The van der Waals surface area contributed by atoms with Crippen molar-refractivity contribution in [3.8, 4) is 0 Å². The Kier molecular flexibility index (Phi) is 4.24. The minimum atomic E-state index is -0.364. The van der Waals surface area contributed by atoms with E-state index in [1.54, 1.807) is 0 Å². The lowest BCUT2D eigenvalue weighted by Gasteiger charge is -2.20. The van der Waals surface area contributed by atoms with Gasteiger partial charge >= 0.3 is 0 Å². The number of aromatic nitrogens is 3. The summed E-state index contributed by atoms with van der Waals surface area (Å²) in [6.07, 6.45) is 0.507. The van der Waals surface area contributed by atoms with E-state index in [0.29, 0.717) is 6.42 Å². The van der Waals surface area contributed by atoms with Crippen molar-refractivity contribution in [3.05, 3.63) is 5.82 Å². The molecular weight excluding hydrogens is 210 g/mol. The SMILES string of the molecule is CC(C)C(CCO)NC(=O)c1nc(N)n[nH]1. The highest BCUT2D eigenvalue weighted by Gasteiger charge is 2.18. The van der Waals surface area contributed by atoms with Crippen LogP contribution in [0.15, 0.2) is 0 Å². The number of carbonyl (C=O) groups excluding carboxylic acids is 1. The number of hydrogen-bond donors (Lipinski definition) is 4. The molecule has 0 spiro atoms. The van der Waals surface area contributed by atoms with Gasteiger partial charge in [-0.1, -0.05) is 13.8 Å². The summed E-state index contributed by atoms with van der Waals surface area (Å²) in [6, 6.07) is -0.0937. The van der Waals surface area contributed by atoms with E-state index in [1.807, 2.05) is 13.8 Å². The highest BCUT2D eigenvalue weighted by Crippen LogP contribution is 2.06. The zero-order valence-corrected chi connectivity index (χ0v) is 9.40. The predicted octanol–water partition coefficient (Wildman–Crippen LogP) is -0.476. The molecule has 5 N–H and O–H groups in total. The Balaban J connectivity index is 2.61. The van der Waals surface area contributed by atoms with Crippen molar-refractivity contribution in [2.75, 3.05) is 12.3 Å². The maximum Gasteiger partial charge on any atom is 0.288 e. The summed E-state index contributed by atoms with van der Waals surface area (Å²) in [5, 5.41) is 17.6. The molecule has 7 nitrogen and oxygen atoms in total. The Morgan fingerprint density at radius 3 is 2.75 bits per heavy atom. The molecule has 0 aromatic carbocycles. The van der Waals surface area contributed by atoms with Gasteiger partial charge in [0, 0.05) is 12.6 Å². The largest absolute Gasteiger partial charge is 0.396 e. The van der Waals surface area contributed by atoms with Gasteiger partial charge in [-0.3, -0.25) is 9.89 Å². The lowest BCUT2D eigenvalue weighted by Crippen LogP contribution is -2.39. The Labute approximate surface area is 93.4 Å². The first-order chi connectivity index (χ1) is 7.54. The van der Waals surface area contributed by atoms with Crippen LogP contribution in [0.5, 0.6) is 0 Å². The van der Waals surface area contributed by atoms with Crippen molar-refractivity contribution < 1.29 is 9.90 Å². The van der Waals surface area contributed by atoms with Crippen LogP contribution in [0.1, 0.15) is 30.9 Å². The summed E-state index contributed by atoms with van der Waals surface area (Å²) in [5.74, 6) is -0.0118. The van der Waals surface area contributed by atoms with E-state index in [1.165, 1.54) is 0 Å². The third kappa shape index (κ3) is 3.20. The summed E-state index contributed by atoms with van der Waals surface area (Å²) in [6.45, 7) is 3.96. The number of rotatable bonds is 5. The molecule has 0 saturated heterocycles. The van der Waals surface area contributed by atoms with E-state index >= 15 is 0 Å². The molecule has 1 aromatic heterocycles. The summed E-state index contributed by atoms with van der Waals surface area (Å²) < 4.78 is 0. The maximum absolute atomic E-state index is 11.7. The van der Waals surface area contributed by atoms with Crippen LogP contribution in [-0.2, 0) is 0 Å². The average Bonchev–Trinajstić information content (AvgIpc) is 2.64. The topological polar surface area (TPSA) is 117 Å². The first-order valence-corrected chi connectivity index (χ1v) is 5.14. The monoisotopic (exact) mass is 227 g/mol. The van der Waals surface area contributed by atoms with Crippen LogP contribution >= 0.6 is 0 Å². The Bertz CT molecular complexity index is 349. The number of anilines is 1. The van der Waals surface area contributed by atoms with Crippen LogP contribution in [0.2, 0.25) is 0 Å². The second-order valence-corrected chi connectivity index (χ2v) is 3.88. The third-order valence-corrected chi connectivity index (χ3v) is 2.28. The molecule has 90 valence electrons. The molecular formula is C9H17N5O2. The van der Waals surface area contributed by atoms with Crippen LogP contribution in [-0.4, -0.2) is 38.8 Å². The summed E-state index contributed by atoms with van der Waals surface area (Å²) in [7, 11) is 0. The molecule has 0 fully saturated rings. The van der Waals surface area contributed by atoms with E-state index in [2.05, 4.69) is 20.5 Å². The number of aliphatic hydroxyl groups excluding tert-OH is 1. The highest BCUT2D eigenvalue weighted by atomic mass is 16.3. The molecule has 1 amide bonds.